The molecular weight excluding hydrogens is 398 g/mol. The first-order valence-electron chi connectivity index (χ1n) is 7.43. The van der Waals surface area contributed by atoms with E-state index < -0.39 is 0 Å². The Morgan fingerprint density at radius 3 is 2.87 bits per heavy atom. The first-order valence-corrected chi connectivity index (χ1v) is 9.10. The van der Waals surface area contributed by atoms with Crippen LogP contribution >= 0.6 is 39.7 Å². The number of nitrogens with one attached hydrogen (secondary N) is 2. The molecule has 1 amide bonds. The monoisotopic (exact) mass is 415 g/mol. The first kappa shape index (κ1) is 18.4. The number of hydrogen-bond donors (Lipinski definition) is 2. The normalized spacial score (nSPS) is 16.8. The number of benzene rings is 1. The molecule has 0 radical (unpaired) electrons. The number of halogens is 2. The Morgan fingerprint density at radius 1 is 1.39 bits per heavy atom. The molecule has 2 N–H and O–H groups in total. The fourth-order valence-electron chi connectivity index (χ4n) is 2.56. The SMILES string of the molecule is Cl.O=C(CCC1CCNC1)Nc1nc(-c2ccc(Br)cc2)cs1. The Morgan fingerprint density at radius 2 is 2.17 bits per heavy atom. The predicted octanol–water partition coefficient (Wildman–Crippen LogP) is 4.32. The summed E-state index contributed by atoms with van der Waals surface area (Å²) < 4.78 is 1.04. The maximum absolute atomic E-state index is 12.0. The molecule has 1 aliphatic heterocycles. The quantitative estimate of drug-likeness (QED) is 0.763. The van der Waals surface area contributed by atoms with Gasteiger partial charge in [0.15, 0.2) is 5.13 Å². The second kappa shape index (κ2) is 8.78. The van der Waals surface area contributed by atoms with Crippen molar-refractivity contribution in [2.45, 2.75) is 19.3 Å². The van der Waals surface area contributed by atoms with E-state index in [-0.39, 0.29) is 18.3 Å². The van der Waals surface area contributed by atoms with Gasteiger partial charge < -0.3 is 10.6 Å². The molecule has 1 atom stereocenters. The summed E-state index contributed by atoms with van der Waals surface area (Å²) in [5.74, 6) is 0.698. The van der Waals surface area contributed by atoms with Gasteiger partial charge >= 0.3 is 0 Å². The van der Waals surface area contributed by atoms with Crippen LogP contribution in [0.2, 0.25) is 0 Å². The van der Waals surface area contributed by atoms with Gasteiger partial charge in [0.25, 0.3) is 0 Å². The number of anilines is 1. The number of hydrogen-bond acceptors (Lipinski definition) is 4. The van der Waals surface area contributed by atoms with Crippen molar-refractivity contribution >= 4 is 50.7 Å². The maximum Gasteiger partial charge on any atom is 0.226 e. The van der Waals surface area contributed by atoms with Gasteiger partial charge in [0.05, 0.1) is 5.69 Å². The highest BCUT2D eigenvalue weighted by molar-refractivity contribution is 9.10. The minimum atomic E-state index is 0. The Kier molecular flexibility index (Phi) is 7.02. The number of carbonyl (C=O) groups is 1. The summed E-state index contributed by atoms with van der Waals surface area (Å²) in [7, 11) is 0. The zero-order valence-electron chi connectivity index (χ0n) is 12.5. The van der Waals surface area contributed by atoms with Crippen molar-refractivity contribution in [3.8, 4) is 11.3 Å². The molecule has 0 aliphatic carbocycles. The number of rotatable bonds is 5. The van der Waals surface area contributed by atoms with Crippen molar-refractivity contribution in [2.75, 3.05) is 18.4 Å². The molecular formula is C16H19BrClN3OS. The van der Waals surface area contributed by atoms with E-state index in [1.807, 2.05) is 29.6 Å². The van der Waals surface area contributed by atoms with E-state index >= 15 is 0 Å². The molecule has 1 aromatic heterocycles. The van der Waals surface area contributed by atoms with E-state index in [4.69, 9.17) is 0 Å². The van der Waals surface area contributed by atoms with E-state index in [1.54, 1.807) is 0 Å². The summed E-state index contributed by atoms with van der Waals surface area (Å²) in [5.41, 5.74) is 1.95. The number of thiazole rings is 1. The summed E-state index contributed by atoms with van der Waals surface area (Å²) in [6, 6.07) is 8.00. The molecule has 3 rings (SSSR count). The van der Waals surface area contributed by atoms with Crippen LogP contribution in [0.1, 0.15) is 19.3 Å². The van der Waals surface area contributed by atoms with Gasteiger partial charge in [0.1, 0.15) is 0 Å². The van der Waals surface area contributed by atoms with E-state index in [9.17, 15) is 4.79 Å². The highest BCUT2D eigenvalue weighted by Gasteiger charge is 2.16. The van der Waals surface area contributed by atoms with Crippen LogP contribution in [0.4, 0.5) is 5.13 Å². The van der Waals surface area contributed by atoms with Gasteiger partial charge in [-0.1, -0.05) is 28.1 Å². The Bertz CT molecular complexity index is 641. The highest BCUT2D eigenvalue weighted by atomic mass is 79.9. The first-order chi connectivity index (χ1) is 10.7. The average Bonchev–Trinajstić information content (AvgIpc) is 3.17. The Labute approximate surface area is 154 Å². The summed E-state index contributed by atoms with van der Waals surface area (Å²) in [6.45, 7) is 2.12. The van der Waals surface area contributed by atoms with Gasteiger partial charge in [0, 0.05) is 21.8 Å². The van der Waals surface area contributed by atoms with Gasteiger partial charge in [-0.25, -0.2) is 4.98 Å². The molecule has 1 aliphatic rings. The average molecular weight is 417 g/mol. The van der Waals surface area contributed by atoms with Crippen molar-refractivity contribution in [3.05, 3.63) is 34.1 Å². The smallest absolute Gasteiger partial charge is 0.226 e. The van der Waals surface area contributed by atoms with Gasteiger partial charge in [-0.2, -0.15) is 0 Å². The molecule has 1 unspecified atom stereocenters. The third-order valence-electron chi connectivity index (χ3n) is 3.83. The van der Waals surface area contributed by atoms with E-state index in [2.05, 4.69) is 31.5 Å². The largest absolute Gasteiger partial charge is 0.316 e. The molecule has 2 aromatic rings. The van der Waals surface area contributed by atoms with Gasteiger partial charge in [-0.3, -0.25) is 4.79 Å². The van der Waals surface area contributed by atoms with Crippen LogP contribution in [0.5, 0.6) is 0 Å². The van der Waals surface area contributed by atoms with Gasteiger partial charge in [-0.15, -0.1) is 23.7 Å². The molecule has 7 heteroatoms. The van der Waals surface area contributed by atoms with Crippen LogP contribution in [-0.2, 0) is 4.79 Å². The fourth-order valence-corrected chi connectivity index (χ4v) is 3.56. The lowest BCUT2D eigenvalue weighted by molar-refractivity contribution is -0.116. The lowest BCUT2D eigenvalue weighted by Gasteiger charge is -2.07. The lowest BCUT2D eigenvalue weighted by atomic mass is 10.0. The molecule has 0 spiro atoms. The Hall–Kier alpha value is -0.950. The summed E-state index contributed by atoms with van der Waals surface area (Å²) in [6.07, 6.45) is 2.70. The molecule has 2 heterocycles. The molecule has 1 aromatic carbocycles. The minimum absolute atomic E-state index is 0. The third-order valence-corrected chi connectivity index (χ3v) is 5.12. The van der Waals surface area contributed by atoms with Crippen LogP contribution in [0.25, 0.3) is 11.3 Å². The highest BCUT2D eigenvalue weighted by Crippen LogP contribution is 2.26. The van der Waals surface area contributed by atoms with Crippen LogP contribution in [0, 0.1) is 5.92 Å². The molecule has 0 bridgehead atoms. The standard InChI is InChI=1S/C16H18BrN3OS.ClH/c17-13-4-2-12(3-5-13)14-10-22-16(19-14)20-15(21)6-1-11-7-8-18-9-11;/h2-5,10-11,18H,1,6-9H2,(H,19,20,21);1H. The van der Waals surface area contributed by atoms with Crippen LogP contribution < -0.4 is 10.6 Å². The topological polar surface area (TPSA) is 54.0 Å². The zero-order valence-corrected chi connectivity index (χ0v) is 15.8. The van der Waals surface area contributed by atoms with Crippen molar-refractivity contribution in [2.24, 2.45) is 5.92 Å². The third kappa shape index (κ3) is 5.28. The van der Waals surface area contributed by atoms with Crippen molar-refractivity contribution in [3.63, 3.8) is 0 Å². The zero-order chi connectivity index (χ0) is 15.4. The minimum Gasteiger partial charge on any atom is -0.316 e. The summed E-state index contributed by atoms with van der Waals surface area (Å²) in [5, 5.41) is 8.88. The fraction of sp³-hybridized carbons (Fsp3) is 0.375. The van der Waals surface area contributed by atoms with E-state index in [0.29, 0.717) is 17.5 Å². The van der Waals surface area contributed by atoms with Gasteiger partial charge in [-0.05, 0) is 44.0 Å². The number of amides is 1. The molecule has 1 fully saturated rings. The number of aromatic nitrogens is 1. The molecule has 124 valence electrons. The molecule has 1 saturated heterocycles. The van der Waals surface area contributed by atoms with Crippen LogP contribution in [0.15, 0.2) is 34.1 Å². The number of carbonyl (C=O) groups excluding carboxylic acids is 1. The summed E-state index contributed by atoms with van der Waals surface area (Å²) in [4.78, 5) is 16.5. The van der Waals surface area contributed by atoms with E-state index in [1.165, 1.54) is 17.8 Å². The number of nitrogens with zero attached hydrogens (tertiary/aromatic N) is 1. The molecule has 0 saturated carbocycles. The predicted molar refractivity (Wildman–Crippen MR) is 101 cm³/mol. The van der Waals surface area contributed by atoms with Gasteiger partial charge in [0.2, 0.25) is 5.91 Å². The lowest BCUT2D eigenvalue weighted by Crippen LogP contribution is -2.14. The Balaban J connectivity index is 0.00000192. The van der Waals surface area contributed by atoms with Crippen LogP contribution in [-0.4, -0.2) is 24.0 Å². The molecule has 4 nitrogen and oxygen atoms in total. The van der Waals surface area contributed by atoms with Crippen molar-refractivity contribution in [1.29, 1.82) is 0 Å². The summed E-state index contributed by atoms with van der Waals surface area (Å²) >= 11 is 4.89. The van der Waals surface area contributed by atoms with Crippen molar-refractivity contribution in [1.82, 2.24) is 10.3 Å². The van der Waals surface area contributed by atoms with Crippen LogP contribution in [0.3, 0.4) is 0 Å². The van der Waals surface area contributed by atoms with Crippen molar-refractivity contribution < 1.29 is 4.79 Å². The molecule has 23 heavy (non-hydrogen) atoms. The second-order valence-corrected chi connectivity index (χ2v) is 7.26. The van der Waals surface area contributed by atoms with E-state index in [0.717, 1.165) is 35.2 Å². The second-order valence-electron chi connectivity index (χ2n) is 5.49. The maximum atomic E-state index is 12.0.